The van der Waals surface area contributed by atoms with Gasteiger partial charge in [0.1, 0.15) is 22.8 Å². The second-order valence-corrected chi connectivity index (χ2v) is 9.00. The Bertz CT molecular complexity index is 768. The standard InChI is InChI=1S/C22H30O5/c1-4-5-6-9-15(23)19-17(25)11-16(24)18-13-8-7-10-22(26-20(18)19)14(13)12-21(2,3)27-22/h11,13-14,24-25H,4-10,12H2,1-3H3. The van der Waals surface area contributed by atoms with Crippen molar-refractivity contribution < 1.29 is 24.5 Å². The highest BCUT2D eigenvalue weighted by Crippen LogP contribution is 2.63. The van der Waals surface area contributed by atoms with Crippen molar-refractivity contribution >= 4 is 5.78 Å². The molecule has 2 N–H and O–H groups in total. The third kappa shape index (κ3) is 2.91. The van der Waals surface area contributed by atoms with Crippen LogP contribution in [0.4, 0.5) is 0 Å². The molecule has 27 heavy (non-hydrogen) atoms. The maximum Gasteiger partial charge on any atom is 0.214 e. The highest BCUT2D eigenvalue weighted by Gasteiger charge is 2.62. The highest BCUT2D eigenvalue weighted by atomic mass is 16.7. The predicted molar refractivity (Wildman–Crippen MR) is 101 cm³/mol. The number of fused-ring (bicyclic) bond motifs is 2. The molecule has 2 fully saturated rings. The third-order valence-electron chi connectivity index (χ3n) is 6.46. The summed E-state index contributed by atoms with van der Waals surface area (Å²) in [6, 6.07) is 1.32. The van der Waals surface area contributed by atoms with Gasteiger partial charge in [0.25, 0.3) is 0 Å². The van der Waals surface area contributed by atoms with Gasteiger partial charge in [-0.15, -0.1) is 0 Å². The van der Waals surface area contributed by atoms with Gasteiger partial charge in [0.05, 0.1) is 5.60 Å². The number of rotatable bonds is 5. The summed E-state index contributed by atoms with van der Waals surface area (Å²) in [4.78, 5) is 12.9. The first-order chi connectivity index (χ1) is 12.8. The number of hydrogen-bond donors (Lipinski definition) is 2. The van der Waals surface area contributed by atoms with Crippen molar-refractivity contribution in [3.05, 3.63) is 17.2 Å². The lowest BCUT2D eigenvalue weighted by Gasteiger charge is -2.48. The SMILES string of the molecule is CCCCCC(=O)c1c(O)cc(O)c2c1OC13CCCC2C1CC(C)(C)O3. The minimum Gasteiger partial charge on any atom is -0.507 e. The first-order valence-corrected chi connectivity index (χ1v) is 10.3. The van der Waals surface area contributed by atoms with E-state index in [1.807, 2.05) is 0 Å². The Labute approximate surface area is 160 Å². The Morgan fingerprint density at radius 1 is 1.26 bits per heavy atom. The number of phenols is 2. The summed E-state index contributed by atoms with van der Waals surface area (Å²) in [5, 5.41) is 21.1. The van der Waals surface area contributed by atoms with E-state index in [2.05, 4.69) is 20.8 Å². The average Bonchev–Trinajstić information content (AvgIpc) is 2.85. The van der Waals surface area contributed by atoms with E-state index in [9.17, 15) is 15.0 Å². The molecule has 3 atom stereocenters. The van der Waals surface area contributed by atoms with Crippen molar-refractivity contribution in [3.8, 4) is 17.2 Å². The van der Waals surface area contributed by atoms with Crippen LogP contribution in [0.3, 0.4) is 0 Å². The molecule has 0 radical (unpaired) electrons. The van der Waals surface area contributed by atoms with Crippen LogP contribution in [0.25, 0.3) is 0 Å². The van der Waals surface area contributed by atoms with Crippen molar-refractivity contribution in [2.75, 3.05) is 0 Å². The molecule has 148 valence electrons. The lowest BCUT2D eigenvalue weighted by molar-refractivity contribution is -0.234. The molecule has 2 bridgehead atoms. The van der Waals surface area contributed by atoms with E-state index >= 15 is 0 Å². The van der Waals surface area contributed by atoms with Crippen LogP contribution in [0.2, 0.25) is 0 Å². The molecule has 0 amide bonds. The van der Waals surface area contributed by atoms with Crippen molar-refractivity contribution in [1.82, 2.24) is 0 Å². The Morgan fingerprint density at radius 3 is 2.78 bits per heavy atom. The molecule has 3 aliphatic rings. The van der Waals surface area contributed by atoms with Gasteiger partial charge in [-0.3, -0.25) is 4.79 Å². The summed E-state index contributed by atoms with van der Waals surface area (Å²) >= 11 is 0. The molecule has 5 nitrogen and oxygen atoms in total. The van der Waals surface area contributed by atoms with Gasteiger partial charge < -0.3 is 19.7 Å². The van der Waals surface area contributed by atoms with Gasteiger partial charge in [0.2, 0.25) is 5.79 Å². The fourth-order valence-electron chi connectivity index (χ4n) is 5.43. The van der Waals surface area contributed by atoms with Gasteiger partial charge in [-0.05, 0) is 39.5 Å². The summed E-state index contributed by atoms with van der Waals surface area (Å²) in [6.45, 7) is 6.22. The quantitative estimate of drug-likeness (QED) is 0.558. The fourth-order valence-corrected chi connectivity index (χ4v) is 5.43. The van der Waals surface area contributed by atoms with E-state index in [-0.39, 0.29) is 40.3 Å². The maximum absolute atomic E-state index is 12.9. The first-order valence-electron chi connectivity index (χ1n) is 10.3. The molecule has 5 heteroatoms. The smallest absolute Gasteiger partial charge is 0.214 e. The second-order valence-electron chi connectivity index (χ2n) is 9.00. The van der Waals surface area contributed by atoms with E-state index in [4.69, 9.17) is 9.47 Å². The van der Waals surface area contributed by atoms with Crippen LogP contribution in [0.5, 0.6) is 17.2 Å². The van der Waals surface area contributed by atoms with Crippen LogP contribution in [0.1, 0.15) is 94.0 Å². The first kappa shape index (κ1) is 18.6. The molecular formula is C22H30O5. The molecule has 1 aromatic carbocycles. The van der Waals surface area contributed by atoms with Gasteiger partial charge >= 0.3 is 0 Å². The lowest BCUT2D eigenvalue weighted by Crippen LogP contribution is -2.50. The highest BCUT2D eigenvalue weighted by molar-refractivity contribution is 6.02. The zero-order valence-electron chi connectivity index (χ0n) is 16.5. The van der Waals surface area contributed by atoms with Crippen LogP contribution >= 0.6 is 0 Å². The zero-order chi connectivity index (χ0) is 19.4. The topological polar surface area (TPSA) is 76.0 Å². The van der Waals surface area contributed by atoms with Crippen molar-refractivity contribution in [2.45, 2.75) is 89.4 Å². The maximum atomic E-state index is 12.9. The number of carbonyl (C=O) groups is 1. The number of unbranched alkanes of at least 4 members (excludes halogenated alkanes) is 2. The van der Waals surface area contributed by atoms with E-state index in [0.29, 0.717) is 17.7 Å². The number of benzene rings is 1. The van der Waals surface area contributed by atoms with Gasteiger partial charge in [-0.2, -0.15) is 0 Å². The number of ether oxygens (including phenoxy) is 2. The molecule has 2 heterocycles. The molecule has 0 spiro atoms. The molecule has 1 saturated heterocycles. The van der Waals surface area contributed by atoms with E-state index < -0.39 is 5.79 Å². The number of aromatic hydroxyl groups is 2. The summed E-state index contributed by atoms with van der Waals surface area (Å²) in [7, 11) is 0. The van der Waals surface area contributed by atoms with Gasteiger partial charge in [-0.25, -0.2) is 0 Å². The van der Waals surface area contributed by atoms with Gasteiger partial charge in [-0.1, -0.05) is 19.8 Å². The summed E-state index contributed by atoms with van der Waals surface area (Å²) in [5.74, 6) is -0.442. The number of carbonyl (C=O) groups excluding carboxylic acids is 1. The Kier molecular flexibility index (Phi) is 4.41. The van der Waals surface area contributed by atoms with Crippen LogP contribution < -0.4 is 4.74 Å². The number of phenolic OH excluding ortho intramolecular Hbond substituents is 2. The minimum absolute atomic E-state index is 0.0258. The number of Topliss-reactive ketones (excluding diaryl/α,β-unsaturated/α-hetero) is 1. The van der Waals surface area contributed by atoms with Crippen LogP contribution in [-0.2, 0) is 4.74 Å². The molecule has 1 saturated carbocycles. The summed E-state index contributed by atoms with van der Waals surface area (Å²) in [6.07, 6.45) is 6.67. The molecular weight excluding hydrogens is 344 g/mol. The predicted octanol–water partition coefficient (Wildman–Crippen LogP) is 5.03. The Hall–Kier alpha value is -1.75. The normalized spacial score (nSPS) is 30.3. The second kappa shape index (κ2) is 6.40. The van der Waals surface area contributed by atoms with E-state index in [1.165, 1.54) is 6.07 Å². The average molecular weight is 374 g/mol. The molecule has 0 aromatic heterocycles. The summed E-state index contributed by atoms with van der Waals surface area (Å²) < 4.78 is 12.8. The van der Waals surface area contributed by atoms with Crippen molar-refractivity contribution in [2.24, 2.45) is 5.92 Å². The molecule has 4 rings (SSSR count). The van der Waals surface area contributed by atoms with E-state index in [1.54, 1.807) is 0 Å². The molecule has 2 aliphatic heterocycles. The van der Waals surface area contributed by atoms with Crippen LogP contribution in [0.15, 0.2) is 6.07 Å². The molecule has 3 unspecified atom stereocenters. The Morgan fingerprint density at radius 2 is 2.04 bits per heavy atom. The van der Waals surface area contributed by atoms with Crippen molar-refractivity contribution in [3.63, 3.8) is 0 Å². The molecule has 1 aliphatic carbocycles. The van der Waals surface area contributed by atoms with Gasteiger partial charge in [0.15, 0.2) is 5.78 Å². The third-order valence-corrected chi connectivity index (χ3v) is 6.46. The minimum atomic E-state index is -0.752. The van der Waals surface area contributed by atoms with E-state index in [0.717, 1.165) is 44.9 Å². The summed E-state index contributed by atoms with van der Waals surface area (Å²) in [5.41, 5.74) is 0.600. The largest absolute Gasteiger partial charge is 0.507 e. The van der Waals surface area contributed by atoms with Gasteiger partial charge in [0, 0.05) is 36.3 Å². The van der Waals surface area contributed by atoms with Crippen molar-refractivity contribution in [1.29, 1.82) is 0 Å². The van der Waals surface area contributed by atoms with Crippen LogP contribution in [-0.4, -0.2) is 27.4 Å². The number of ketones is 1. The molecule has 1 aromatic rings. The lowest BCUT2D eigenvalue weighted by atomic mass is 9.67. The fraction of sp³-hybridized carbons (Fsp3) is 0.682. The monoisotopic (exact) mass is 374 g/mol. The van der Waals surface area contributed by atoms with Crippen LogP contribution in [0, 0.1) is 5.92 Å². The Balaban J connectivity index is 1.80. The zero-order valence-corrected chi connectivity index (χ0v) is 16.5. The number of hydrogen-bond acceptors (Lipinski definition) is 5.